The minimum absolute atomic E-state index is 0.101. The van der Waals surface area contributed by atoms with Gasteiger partial charge in [0.15, 0.2) is 0 Å². The lowest BCUT2D eigenvalue weighted by molar-refractivity contribution is -0.141. The normalized spacial score (nSPS) is 11.8. The number of carboxylic acid groups (broad SMARTS) is 1. The van der Waals surface area contributed by atoms with E-state index in [1.54, 1.807) is 6.08 Å². The van der Waals surface area contributed by atoms with E-state index in [9.17, 15) is 9.59 Å². The number of carboxylic acids is 1. The van der Waals surface area contributed by atoms with Gasteiger partial charge in [0.25, 0.3) is 0 Å². The molecule has 1 atom stereocenters. The summed E-state index contributed by atoms with van der Waals surface area (Å²) in [5.41, 5.74) is 0. The highest BCUT2D eigenvalue weighted by Crippen LogP contribution is 1.79. The molecule has 0 radical (unpaired) electrons. The smallest absolute Gasteiger partial charge is 0.325 e. The summed E-state index contributed by atoms with van der Waals surface area (Å²) >= 11 is 0. The number of carbonyl (C=O) groups is 2. The van der Waals surface area contributed by atoms with Gasteiger partial charge < -0.3 is 15.7 Å². The average Bonchev–Trinajstić information content (AvgIpc) is 2.04. The van der Waals surface area contributed by atoms with E-state index in [0.29, 0.717) is 6.54 Å². The van der Waals surface area contributed by atoms with Gasteiger partial charge in [-0.2, -0.15) is 0 Å². The molecule has 1 amide bonds. The van der Waals surface area contributed by atoms with Gasteiger partial charge in [-0.15, -0.1) is 6.58 Å². The molecule has 0 spiro atoms. The van der Waals surface area contributed by atoms with Crippen LogP contribution in [0.5, 0.6) is 0 Å². The molecule has 0 saturated heterocycles. The van der Waals surface area contributed by atoms with E-state index in [2.05, 4.69) is 17.2 Å². The summed E-state index contributed by atoms with van der Waals surface area (Å²) in [7, 11) is 0. The molecule has 0 rings (SSSR count). The van der Waals surface area contributed by atoms with Crippen LogP contribution in [0.4, 0.5) is 0 Å². The molecule has 0 bridgehead atoms. The maximum absolute atomic E-state index is 11.0. The van der Waals surface area contributed by atoms with Crippen molar-refractivity contribution >= 4 is 11.9 Å². The third-order valence-electron chi connectivity index (χ3n) is 1.32. The Hall–Kier alpha value is -1.36. The number of hydrogen-bond acceptors (Lipinski definition) is 3. The van der Waals surface area contributed by atoms with Gasteiger partial charge in [-0.25, -0.2) is 0 Å². The summed E-state index contributed by atoms with van der Waals surface area (Å²) in [5, 5.41) is 13.5. The quantitative estimate of drug-likeness (QED) is 0.380. The summed E-state index contributed by atoms with van der Waals surface area (Å²) < 4.78 is 0. The summed E-state index contributed by atoms with van der Waals surface area (Å²) in [6.45, 7) is 5.49. The fourth-order valence-electron chi connectivity index (χ4n) is 0.642. The van der Waals surface area contributed by atoms with Crippen molar-refractivity contribution in [3.8, 4) is 0 Å². The number of aliphatic carboxylic acids is 1. The van der Waals surface area contributed by atoms with Crippen molar-refractivity contribution in [3.63, 3.8) is 0 Å². The number of hydrogen-bond donors (Lipinski definition) is 3. The Morgan fingerprint density at radius 2 is 2.23 bits per heavy atom. The summed E-state index contributed by atoms with van der Waals surface area (Å²) in [5.74, 6) is -1.38. The molecule has 0 aliphatic heterocycles. The Labute approximate surface area is 76.8 Å². The van der Waals surface area contributed by atoms with Crippen LogP contribution in [0.15, 0.2) is 12.7 Å². The highest BCUT2D eigenvalue weighted by molar-refractivity contribution is 5.84. The zero-order valence-corrected chi connectivity index (χ0v) is 7.54. The Kier molecular flexibility index (Phi) is 5.54. The minimum atomic E-state index is -1.04. The average molecular weight is 186 g/mol. The van der Waals surface area contributed by atoms with E-state index >= 15 is 0 Å². The van der Waals surface area contributed by atoms with Gasteiger partial charge in [0.1, 0.15) is 6.04 Å². The largest absolute Gasteiger partial charge is 0.480 e. The Balaban J connectivity index is 3.61. The molecule has 0 aliphatic carbocycles. The second-order valence-electron chi connectivity index (χ2n) is 2.55. The SMILES string of the molecule is C=CCNCC(=O)NC(C)C(=O)O. The Bertz CT molecular complexity index is 204. The molecule has 0 aromatic carbocycles. The zero-order valence-electron chi connectivity index (χ0n) is 7.54. The van der Waals surface area contributed by atoms with Crippen molar-refractivity contribution in [2.45, 2.75) is 13.0 Å². The van der Waals surface area contributed by atoms with Gasteiger partial charge >= 0.3 is 5.97 Å². The van der Waals surface area contributed by atoms with Crippen molar-refractivity contribution < 1.29 is 14.7 Å². The van der Waals surface area contributed by atoms with Crippen LogP contribution >= 0.6 is 0 Å². The molecular formula is C8H14N2O3. The predicted octanol–water partition coefficient (Wildman–Crippen LogP) is -0.649. The zero-order chi connectivity index (χ0) is 10.3. The van der Waals surface area contributed by atoms with Gasteiger partial charge in [-0.3, -0.25) is 9.59 Å². The summed E-state index contributed by atoms with van der Waals surface area (Å²) in [6.07, 6.45) is 1.62. The first-order chi connectivity index (χ1) is 6.07. The van der Waals surface area contributed by atoms with Crippen LogP contribution in [0.2, 0.25) is 0 Å². The molecule has 74 valence electrons. The van der Waals surface area contributed by atoms with E-state index in [4.69, 9.17) is 5.11 Å². The second-order valence-corrected chi connectivity index (χ2v) is 2.55. The minimum Gasteiger partial charge on any atom is -0.480 e. The summed E-state index contributed by atoms with van der Waals surface area (Å²) in [4.78, 5) is 21.3. The first-order valence-electron chi connectivity index (χ1n) is 3.91. The molecule has 0 aromatic rings. The molecule has 5 nitrogen and oxygen atoms in total. The fourth-order valence-corrected chi connectivity index (χ4v) is 0.642. The lowest BCUT2D eigenvalue weighted by Gasteiger charge is -2.08. The van der Waals surface area contributed by atoms with Crippen molar-refractivity contribution in [3.05, 3.63) is 12.7 Å². The third-order valence-corrected chi connectivity index (χ3v) is 1.32. The molecule has 0 aromatic heterocycles. The van der Waals surface area contributed by atoms with Crippen molar-refractivity contribution in [1.82, 2.24) is 10.6 Å². The molecule has 0 aliphatic rings. The molecule has 0 heterocycles. The predicted molar refractivity (Wildman–Crippen MR) is 48.3 cm³/mol. The molecule has 5 heteroatoms. The molecular weight excluding hydrogens is 172 g/mol. The summed E-state index contributed by atoms with van der Waals surface area (Å²) in [6, 6.07) is -0.849. The second kappa shape index (κ2) is 6.19. The number of nitrogens with one attached hydrogen (secondary N) is 2. The van der Waals surface area contributed by atoms with Gasteiger partial charge in [0.05, 0.1) is 6.54 Å². The molecule has 3 N–H and O–H groups in total. The molecule has 1 unspecified atom stereocenters. The van der Waals surface area contributed by atoms with Crippen LogP contribution in [0, 0.1) is 0 Å². The van der Waals surface area contributed by atoms with Crippen LogP contribution in [-0.2, 0) is 9.59 Å². The molecule has 13 heavy (non-hydrogen) atoms. The maximum Gasteiger partial charge on any atom is 0.325 e. The van der Waals surface area contributed by atoms with E-state index < -0.39 is 12.0 Å². The lowest BCUT2D eigenvalue weighted by atomic mass is 10.3. The van der Waals surface area contributed by atoms with Crippen molar-refractivity contribution in [2.24, 2.45) is 0 Å². The highest BCUT2D eigenvalue weighted by Gasteiger charge is 2.12. The van der Waals surface area contributed by atoms with Crippen LogP contribution in [0.25, 0.3) is 0 Å². The van der Waals surface area contributed by atoms with Gasteiger partial charge in [-0.05, 0) is 6.92 Å². The lowest BCUT2D eigenvalue weighted by Crippen LogP contribution is -2.42. The standard InChI is InChI=1S/C8H14N2O3/c1-3-4-9-5-7(11)10-6(2)8(12)13/h3,6,9H,1,4-5H2,2H3,(H,10,11)(H,12,13). The van der Waals surface area contributed by atoms with E-state index in [0.717, 1.165) is 0 Å². The first kappa shape index (κ1) is 11.6. The van der Waals surface area contributed by atoms with Gasteiger partial charge in [0.2, 0.25) is 5.91 Å². The van der Waals surface area contributed by atoms with Gasteiger partial charge in [-0.1, -0.05) is 6.08 Å². The van der Waals surface area contributed by atoms with Crippen molar-refractivity contribution in [1.29, 1.82) is 0 Å². The monoisotopic (exact) mass is 186 g/mol. The molecule has 0 saturated carbocycles. The van der Waals surface area contributed by atoms with Crippen LogP contribution in [0.1, 0.15) is 6.92 Å². The van der Waals surface area contributed by atoms with E-state index in [1.807, 2.05) is 0 Å². The molecule has 0 fully saturated rings. The number of amides is 1. The van der Waals surface area contributed by atoms with Crippen LogP contribution < -0.4 is 10.6 Å². The number of rotatable bonds is 6. The van der Waals surface area contributed by atoms with E-state index in [1.165, 1.54) is 6.92 Å². The number of carbonyl (C=O) groups excluding carboxylic acids is 1. The Morgan fingerprint density at radius 1 is 1.62 bits per heavy atom. The fraction of sp³-hybridized carbons (Fsp3) is 0.500. The van der Waals surface area contributed by atoms with E-state index in [-0.39, 0.29) is 12.5 Å². The first-order valence-corrected chi connectivity index (χ1v) is 3.91. The van der Waals surface area contributed by atoms with Crippen LogP contribution in [0.3, 0.4) is 0 Å². The Morgan fingerprint density at radius 3 is 2.69 bits per heavy atom. The topological polar surface area (TPSA) is 78.4 Å². The third kappa shape index (κ3) is 5.86. The van der Waals surface area contributed by atoms with Crippen LogP contribution in [-0.4, -0.2) is 36.1 Å². The van der Waals surface area contributed by atoms with Gasteiger partial charge in [0, 0.05) is 6.54 Å². The van der Waals surface area contributed by atoms with Crippen molar-refractivity contribution in [2.75, 3.05) is 13.1 Å². The maximum atomic E-state index is 11.0. The highest BCUT2D eigenvalue weighted by atomic mass is 16.4.